The summed E-state index contributed by atoms with van der Waals surface area (Å²) in [4.78, 5) is 30.8. The van der Waals surface area contributed by atoms with Crippen molar-refractivity contribution in [2.75, 3.05) is 0 Å². The van der Waals surface area contributed by atoms with Crippen LogP contribution in [0.15, 0.2) is 12.1 Å². The van der Waals surface area contributed by atoms with Gasteiger partial charge in [0, 0.05) is 5.56 Å². The lowest BCUT2D eigenvalue weighted by molar-refractivity contribution is -0.394. The van der Waals surface area contributed by atoms with Gasteiger partial charge in [0.2, 0.25) is 0 Å². The summed E-state index contributed by atoms with van der Waals surface area (Å²) in [7, 11) is 0. The first-order valence-electron chi connectivity index (χ1n) is 4.96. The lowest BCUT2D eigenvalue weighted by atomic mass is 10.0. The summed E-state index contributed by atoms with van der Waals surface area (Å²) in [5.74, 6) is 0.0508. The average Bonchev–Trinajstić information content (AvgIpc) is 3.10. The number of nitrogens with zero attached hydrogens (tertiary/aromatic N) is 2. The predicted octanol–water partition coefficient (Wildman–Crippen LogP) is 2.19. The summed E-state index contributed by atoms with van der Waals surface area (Å²) in [6.45, 7) is 0. The molecule has 2 rings (SSSR count). The summed E-state index contributed by atoms with van der Waals surface area (Å²) < 4.78 is 0. The Bertz CT molecular complexity index is 522. The molecule has 0 radical (unpaired) electrons. The summed E-state index contributed by atoms with van der Waals surface area (Å²) in [6.07, 6.45) is 1.99. The van der Waals surface area contributed by atoms with Crippen LogP contribution in [0.4, 0.5) is 11.4 Å². The molecule has 1 aliphatic carbocycles. The van der Waals surface area contributed by atoms with Crippen molar-refractivity contribution in [3.05, 3.63) is 43.5 Å². The second-order valence-corrected chi connectivity index (χ2v) is 3.88. The fourth-order valence-electron chi connectivity index (χ4n) is 1.74. The number of carbonyl (C=O) groups excluding carboxylic acids is 1. The molecule has 1 aromatic carbocycles. The monoisotopic (exact) mass is 236 g/mol. The second kappa shape index (κ2) is 3.93. The third-order valence-electron chi connectivity index (χ3n) is 2.71. The van der Waals surface area contributed by atoms with E-state index in [9.17, 15) is 25.0 Å². The average molecular weight is 236 g/mol. The molecule has 1 saturated carbocycles. The highest BCUT2D eigenvalue weighted by molar-refractivity contribution is 5.83. The molecule has 7 nitrogen and oxygen atoms in total. The molecule has 1 fully saturated rings. The zero-order chi connectivity index (χ0) is 12.6. The molecule has 88 valence electrons. The first-order chi connectivity index (χ1) is 8.04. The van der Waals surface area contributed by atoms with Crippen LogP contribution in [0.2, 0.25) is 0 Å². The Kier molecular flexibility index (Phi) is 2.58. The topological polar surface area (TPSA) is 103 Å². The minimum Gasteiger partial charge on any atom is -0.298 e. The lowest BCUT2D eigenvalue weighted by Gasteiger charge is -2.02. The highest BCUT2D eigenvalue weighted by Gasteiger charge is 2.33. The van der Waals surface area contributed by atoms with Crippen LogP contribution >= 0.6 is 0 Å². The quantitative estimate of drug-likeness (QED) is 0.452. The maximum absolute atomic E-state index is 10.8. The van der Waals surface area contributed by atoms with Crippen LogP contribution in [0.5, 0.6) is 0 Å². The van der Waals surface area contributed by atoms with Gasteiger partial charge in [-0.2, -0.15) is 0 Å². The first-order valence-corrected chi connectivity index (χ1v) is 4.96. The molecule has 0 aliphatic heterocycles. The second-order valence-electron chi connectivity index (χ2n) is 3.88. The standard InChI is InChI=1S/C10H8N2O5/c13-5-7-3-8(6-1-2-6)10(12(16)17)4-9(7)11(14)15/h3-6H,1-2H2. The Morgan fingerprint density at radius 1 is 1.12 bits per heavy atom. The van der Waals surface area contributed by atoms with E-state index in [0.29, 0.717) is 11.8 Å². The van der Waals surface area contributed by atoms with Gasteiger partial charge in [-0.1, -0.05) is 0 Å². The summed E-state index contributed by atoms with van der Waals surface area (Å²) in [6, 6.07) is 2.14. The number of hydrogen-bond donors (Lipinski definition) is 0. The number of benzene rings is 1. The van der Waals surface area contributed by atoms with Crippen molar-refractivity contribution in [1.82, 2.24) is 0 Å². The van der Waals surface area contributed by atoms with E-state index in [1.165, 1.54) is 6.07 Å². The third-order valence-corrected chi connectivity index (χ3v) is 2.71. The zero-order valence-electron chi connectivity index (χ0n) is 8.66. The van der Waals surface area contributed by atoms with E-state index in [2.05, 4.69) is 0 Å². The van der Waals surface area contributed by atoms with Crippen LogP contribution in [-0.2, 0) is 0 Å². The van der Waals surface area contributed by atoms with Crippen molar-refractivity contribution in [3.8, 4) is 0 Å². The van der Waals surface area contributed by atoms with Crippen molar-refractivity contribution in [2.24, 2.45) is 0 Å². The molecular weight excluding hydrogens is 228 g/mol. The zero-order valence-corrected chi connectivity index (χ0v) is 8.66. The van der Waals surface area contributed by atoms with E-state index in [-0.39, 0.29) is 17.2 Å². The van der Waals surface area contributed by atoms with Gasteiger partial charge in [-0.15, -0.1) is 0 Å². The minimum atomic E-state index is -0.784. The molecule has 0 aromatic heterocycles. The largest absolute Gasteiger partial charge is 0.298 e. The van der Waals surface area contributed by atoms with Gasteiger partial charge in [-0.05, 0) is 24.8 Å². The molecule has 0 saturated heterocycles. The number of nitro groups is 2. The Morgan fingerprint density at radius 3 is 2.12 bits per heavy atom. The van der Waals surface area contributed by atoms with Gasteiger partial charge < -0.3 is 0 Å². The van der Waals surface area contributed by atoms with Crippen molar-refractivity contribution in [1.29, 1.82) is 0 Å². The molecule has 17 heavy (non-hydrogen) atoms. The number of carbonyl (C=O) groups is 1. The van der Waals surface area contributed by atoms with Gasteiger partial charge in [0.15, 0.2) is 6.29 Å². The molecule has 7 heteroatoms. The van der Waals surface area contributed by atoms with E-state index in [4.69, 9.17) is 0 Å². The number of aldehydes is 1. The van der Waals surface area contributed by atoms with E-state index in [1.54, 1.807) is 0 Å². The molecule has 0 bridgehead atoms. The van der Waals surface area contributed by atoms with Crippen LogP contribution in [0.25, 0.3) is 0 Å². The Hall–Kier alpha value is -2.31. The fourth-order valence-corrected chi connectivity index (χ4v) is 1.74. The lowest BCUT2D eigenvalue weighted by Crippen LogP contribution is -2.01. The first kappa shape index (κ1) is 11.2. The summed E-state index contributed by atoms with van der Waals surface area (Å²) >= 11 is 0. The van der Waals surface area contributed by atoms with Crippen LogP contribution in [0.1, 0.15) is 34.7 Å². The Balaban J connectivity index is 2.64. The number of rotatable bonds is 4. The molecule has 0 atom stereocenters. The highest BCUT2D eigenvalue weighted by Crippen LogP contribution is 2.45. The summed E-state index contributed by atoms with van der Waals surface area (Å²) in [5, 5.41) is 21.5. The molecule has 1 aliphatic rings. The Morgan fingerprint density at radius 2 is 1.71 bits per heavy atom. The number of nitro benzene ring substituents is 2. The highest BCUT2D eigenvalue weighted by atomic mass is 16.6. The van der Waals surface area contributed by atoms with Crippen molar-refractivity contribution >= 4 is 17.7 Å². The van der Waals surface area contributed by atoms with E-state index >= 15 is 0 Å². The smallest absolute Gasteiger partial charge is 0.286 e. The van der Waals surface area contributed by atoms with Crippen molar-refractivity contribution in [3.63, 3.8) is 0 Å². The van der Waals surface area contributed by atoms with Gasteiger partial charge in [0.1, 0.15) is 0 Å². The Labute approximate surface area is 95.4 Å². The van der Waals surface area contributed by atoms with E-state index in [1.807, 2.05) is 0 Å². The molecule has 0 unspecified atom stereocenters. The van der Waals surface area contributed by atoms with E-state index in [0.717, 1.165) is 18.9 Å². The van der Waals surface area contributed by atoms with Crippen LogP contribution in [0, 0.1) is 20.2 Å². The fraction of sp³-hybridized carbons (Fsp3) is 0.300. The van der Waals surface area contributed by atoms with Crippen LogP contribution in [-0.4, -0.2) is 16.1 Å². The van der Waals surface area contributed by atoms with Gasteiger partial charge in [0.25, 0.3) is 11.4 Å². The van der Waals surface area contributed by atoms with Gasteiger partial charge in [-0.3, -0.25) is 25.0 Å². The van der Waals surface area contributed by atoms with Gasteiger partial charge in [-0.25, -0.2) is 0 Å². The minimum absolute atomic E-state index is 0.0508. The molecule has 0 amide bonds. The maximum Gasteiger partial charge on any atom is 0.286 e. The predicted molar refractivity (Wildman–Crippen MR) is 57.1 cm³/mol. The van der Waals surface area contributed by atoms with Gasteiger partial charge in [0.05, 0.1) is 21.5 Å². The van der Waals surface area contributed by atoms with Gasteiger partial charge >= 0.3 is 0 Å². The summed E-state index contributed by atoms with van der Waals surface area (Å²) in [5.41, 5.74) is -0.480. The molecule has 1 aromatic rings. The number of hydrogen-bond acceptors (Lipinski definition) is 5. The molecular formula is C10H8N2O5. The van der Waals surface area contributed by atoms with Crippen LogP contribution < -0.4 is 0 Å². The van der Waals surface area contributed by atoms with E-state index < -0.39 is 15.5 Å². The normalized spacial score (nSPS) is 14.4. The van der Waals surface area contributed by atoms with Crippen molar-refractivity contribution in [2.45, 2.75) is 18.8 Å². The van der Waals surface area contributed by atoms with Crippen molar-refractivity contribution < 1.29 is 14.6 Å². The third kappa shape index (κ3) is 1.99. The molecule has 0 spiro atoms. The molecule has 0 heterocycles. The molecule has 0 N–H and O–H groups in total. The van der Waals surface area contributed by atoms with Crippen LogP contribution in [0.3, 0.4) is 0 Å². The SMILES string of the molecule is O=Cc1cc(C2CC2)c([N+](=O)[O-])cc1[N+](=O)[O-]. The maximum atomic E-state index is 10.8.